The highest BCUT2D eigenvalue weighted by atomic mass is 79.9. The van der Waals surface area contributed by atoms with Crippen LogP contribution in [0, 0.1) is 0 Å². The number of benzene rings is 1. The quantitative estimate of drug-likeness (QED) is 0.879. The number of hydrogen-bond donors (Lipinski definition) is 1. The lowest BCUT2D eigenvalue weighted by atomic mass is 10.0. The van der Waals surface area contributed by atoms with E-state index in [0.717, 1.165) is 40.2 Å². The van der Waals surface area contributed by atoms with Crippen LogP contribution < -0.4 is 5.32 Å². The summed E-state index contributed by atoms with van der Waals surface area (Å²) in [5.74, 6) is 0.901. The molecule has 2 aromatic rings. The van der Waals surface area contributed by atoms with Crippen LogP contribution in [0.25, 0.3) is 0 Å². The fraction of sp³-hybridized carbons (Fsp3) is 0.143. The predicted molar refractivity (Wildman–Crippen MR) is 77.4 cm³/mol. The van der Waals surface area contributed by atoms with E-state index in [2.05, 4.69) is 49.4 Å². The summed E-state index contributed by atoms with van der Waals surface area (Å²) in [7, 11) is 0. The largest absolute Gasteiger partial charge is 0.368 e. The zero-order valence-electron chi connectivity index (χ0n) is 9.73. The van der Waals surface area contributed by atoms with Gasteiger partial charge in [0.1, 0.15) is 5.82 Å². The average Bonchev–Trinajstić information content (AvgIpc) is 2.61. The molecule has 3 nitrogen and oxygen atoms in total. The van der Waals surface area contributed by atoms with Crippen molar-refractivity contribution >= 4 is 27.5 Å². The molecular weight excluding hydrogens is 290 g/mol. The molecular formula is C14H12BrN3. The maximum atomic E-state index is 4.67. The van der Waals surface area contributed by atoms with Gasteiger partial charge in [-0.15, -0.1) is 0 Å². The highest BCUT2D eigenvalue weighted by molar-refractivity contribution is 9.10. The van der Waals surface area contributed by atoms with Crippen LogP contribution in [0.4, 0.5) is 5.82 Å². The molecule has 1 aromatic carbocycles. The number of aliphatic imine (C=N–C) groups is 1. The summed E-state index contributed by atoms with van der Waals surface area (Å²) < 4.78 is 0.966. The van der Waals surface area contributed by atoms with E-state index >= 15 is 0 Å². The van der Waals surface area contributed by atoms with Gasteiger partial charge in [-0.3, -0.25) is 4.99 Å². The molecule has 0 amide bonds. The SMILES string of the molecule is Brc1cnc2c(c1)C(c1ccccc1)=NCCN2. The van der Waals surface area contributed by atoms with Gasteiger partial charge in [-0.2, -0.15) is 0 Å². The maximum absolute atomic E-state index is 4.67. The molecule has 18 heavy (non-hydrogen) atoms. The van der Waals surface area contributed by atoms with Crippen LogP contribution in [-0.4, -0.2) is 23.8 Å². The number of anilines is 1. The first-order valence-corrected chi connectivity index (χ1v) is 6.63. The van der Waals surface area contributed by atoms with Crippen molar-refractivity contribution in [2.45, 2.75) is 0 Å². The second-order valence-electron chi connectivity index (χ2n) is 4.07. The van der Waals surface area contributed by atoms with Gasteiger partial charge in [0.25, 0.3) is 0 Å². The monoisotopic (exact) mass is 301 g/mol. The number of halogens is 1. The zero-order chi connectivity index (χ0) is 12.4. The first-order valence-electron chi connectivity index (χ1n) is 5.84. The van der Waals surface area contributed by atoms with Crippen molar-refractivity contribution in [3.63, 3.8) is 0 Å². The highest BCUT2D eigenvalue weighted by Gasteiger charge is 2.15. The Labute approximate surface area is 114 Å². The van der Waals surface area contributed by atoms with Crippen molar-refractivity contribution in [3.05, 3.63) is 58.2 Å². The van der Waals surface area contributed by atoms with Crippen molar-refractivity contribution in [1.82, 2.24) is 4.98 Å². The molecule has 2 heterocycles. The highest BCUT2D eigenvalue weighted by Crippen LogP contribution is 2.23. The van der Waals surface area contributed by atoms with E-state index in [1.165, 1.54) is 0 Å². The van der Waals surface area contributed by atoms with Gasteiger partial charge in [-0.25, -0.2) is 4.98 Å². The normalized spacial score (nSPS) is 14.2. The van der Waals surface area contributed by atoms with E-state index in [0.29, 0.717) is 0 Å². The van der Waals surface area contributed by atoms with Crippen LogP contribution in [-0.2, 0) is 0 Å². The van der Waals surface area contributed by atoms with E-state index in [9.17, 15) is 0 Å². The molecule has 0 radical (unpaired) electrons. The molecule has 3 rings (SSSR count). The van der Waals surface area contributed by atoms with Crippen LogP contribution in [0.2, 0.25) is 0 Å². The molecule has 0 bridgehead atoms. The molecule has 0 saturated carbocycles. The standard InChI is InChI=1S/C14H12BrN3/c15-11-8-12-13(10-4-2-1-3-5-10)16-6-7-17-14(12)18-9-11/h1-5,8-9H,6-7H2,(H,17,18). The van der Waals surface area contributed by atoms with Crippen LogP contribution in [0.1, 0.15) is 11.1 Å². The van der Waals surface area contributed by atoms with Crippen LogP contribution >= 0.6 is 15.9 Å². The number of hydrogen-bond acceptors (Lipinski definition) is 3. The van der Waals surface area contributed by atoms with Gasteiger partial charge in [0, 0.05) is 28.3 Å². The molecule has 0 spiro atoms. The summed E-state index contributed by atoms with van der Waals surface area (Å²) in [5.41, 5.74) is 3.18. The Kier molecular flexibility index (Phi) is 3.11. The fourth-order valence-corrected chi connectivity index (χ4v) is 2.36. The minimum Gasteiger partial charge on any atom is -0.368 e. The number of aromatic nitrogens is 1. The summed E-state index contributed by atoms with van der Waals surface area (Å²) in [6.07, 6.45) is 1.81. The summed E-state index contributed by atoms with van der Waals surface area (Å²) in [6, 6.07) is 12.3. The smallest absolute Gasteiger partial charge is 0.135 e. The molecule has 4 heteroatoms. The van der Waals surface area contributed by atoms with Gasteiger partial charge in [-0.1, -0.05) is 30.3 Å². The van der Waals surface area contributed by atoms with E-state index < -0.39 is 0 Å². The molecule has 1 aromatic heterocycles. The lowest BCUT2D eigenvalue weighted by Crippen LogP contribution is -2.07. The van der Waals surface area contributed by atoms with E-state index in [1.807, 2.05) is 18.2 Å². The summed E-state index contributed by atoms with van der Waals surface area (Å²) in [4.78, 5) is 9.08. The number of rotatable bonds is 1. The fourth-order valence-electron chi connectivity index (χ4n) is 2.03. The summed E-state index contributed by atoms with van der Waals surface area (Å²) >= 11 is 3.47. The van der Waals surface area contributed by atoms with Crippen LogP contribution in [0.15, 0.2) is 52.1 Å². The van der Waals surface area contributed by atoms with Crippen molar-refractivity contribution in [2.75, 3.05) is 18.4 Å². The Morgan fingerprint density at radius 2 is 2.00 bits per heavy atom. The van der Waals surface area contributed by atoms with Gasteiger partial charge in [-0.05, 0) is 22.0 Å². The van der Waals surface area contributed by atoms with Crippen molar-refractivity contribution in [3.8, 4) is 0 Å². The van der Waals surface area contributed by atoms with Crippen LogP contribution in [0.3, 0.4) is 0 Å². The average molecular weight is 302 g/mol. The molecule has 1 aliphatic heterocycles. The van der Waals surface area contributed by atoms with E-state index in [-0.39, 0.29) is 0 Å². The molecule has 0 fully saturated rings. The third-order valence-corrected chi connectivity index (χ3v) is 3.26. The third-order valence-electron chi connectivity index (χ3n) is 2.83. The predicted octanol–water partition coefficient (Wildman–Crippen LogP) is 3.11. The minimum atomic E-state index is 0.762. The number of nitrogens with one attached hydrogen (secondary N) is 1. The topological polar surface area (TPSA) is 37.3 Å². The van der Waals surface area contributed by atoms with Gasteiger partial charge >= 0.3 is 0 Å². The Hall–Kier alpha value is -1.68. The van der Waals surface area contributed by atoms with Crippen molar-refractivity contribution in [2.24, 2.45) is 4.99 Å². The lowest BCUT2D eigenvalue weighted by Gasteiger charge is -2.09. The molecule has 90 valence electrons. The third kappa shape index (κ3) is 2.16. The van der Waals surface area contributed by atoms with Gasteiger partial charge < -0.3 is 5.32 Å². The molecule has 0 unspecified atom stereocenters. The Morgan fingerprint density at radius 1 is 1.17 bits per heavy atom. The molecule has 0 saturated heterocycles. The minimum absolute atomic E-state index is 0.762. The van der Waals surface area contributed by atoms with Crippen molar-refractivity contribution in [1.29, 1.82) is 0 Å². The van der Waals surface area contributed by atoms with E-state index in [4.69, 9.17) is 0 Å². The molecule has 1 N–H and O–H groups in total. The lowest BCUT2D eigenvalue weighted by molar-refractivity contribution is 1.02. The summed E-state index contributed by atoms with van der Waals surface area (Å²) in [5, 5.41) is 3.31. The number of nitrogens with zero attached hydrogens (tertiary/aromatic N) is 2. The summed E-state index contributed by atoms with van der Waals surface area (Å²) in [6.45, 7) is 1.58. The molecule has 1 aliphatic rings. The van der Waals surface area contributed by atoms with Gasteiger partial charge in [0.2, 0.25) is 0 Å². The molecule has 0 atom stereocenters. The Balaban J connectivity index is 2.16. The second kappa shape index (κ2) is 4.90. The van der Waals surface area contributed by atoms with Crippen molar-refractivity contribution < 1.29 is 0 Å². The van der Waals surface area contributed by atoms with Gasteiger partial charge in [0.15, 0.2) is 0 Å². The van der Waals surface area contributed by atoms with E-state index in [1.54, 1.807) is 6.20 Å². The Morgan fingerprint density at radius 3 is 2.83 bits per heavy atom. The number of fused-ring (bicyclic) bond motifs is 1. The molecule has 0 aliphatic carbocycles. The zero-order valence-corrected chi connectivity index (χ0v) is 11.3. The first kappa shape index (κ1) is 11.4. The second-order valence-corrected chi connectivity index (χ2v) is 4.99. The number of pyridine rings is 1. The Bertz CT molecular complexity index is 593. The maximum Gasteiger partial charge on any atom is 0.135 e. The van der Waals surface area contributed by atoms with Gasteiger partial charge in [0.05, 0.1) is 12.3 Å². The first-order chi connectivity index (χ1) is 8.84. The van der Waals surface area contributed by atoms with Crippen LogP contribution in [0.5, 0.6) is 0 Å².